The summed E-state index contributed by atoms with van der Waals surface area (Å²) in [7, 11) is 0. The maximum absolute atomic E-state index is 13.0. The van der Waals surface area contributed by atoms with Gasteiger partial charge in [-0.3, -0.25) is 9.69 Å². The average Bonchev–Trinajstić information content (AvgIpc) is 3.06. The van der Waals surface area contributed by atoms with Crippen molar-refractivity contribution in [3.05, 3.63) is 0 Å². The van der Waals surface area contributed by atoms with Crippen LogP contribution >= 0.6 is 0 Å². The summed E-state index contributed by atoms with van der Waals surface area (Å²) >= 11 is 0. The third kappa shape index (κ3) is 3.78. The first-order valence-corrected chi connectivity index (χ1v) is 10.1. The summed E-state index contributed by atoms with van der Waals surface area (Å²) in [4.78, 5) is 17.7. The van der Waals surface area contributed by atoms with Crippen LogP contribution in [0.3, 0.4) is 0 Å². The standard InChI is InChI=1S/C19H33N3O2/c23-19(18-12-16-5-1-2-6-17(16)20-18)22-7-3-4-15(14-22)13-21-8-10-24-11-9-21/h15-18,20H,1-14H2/t15-,16+,17+,18+/m1/s1. The Labute approximate surface area is 146 Å². The van der Waals surface area contributed by atoms with Crippen molar-refractivity contribution < 1.29 is 9.53 Å². The first-order chi connectivity index (χ1) is 11.8. The lowest BCUT2D eigenvalue weighted by Gasteiger charge is -2.37. The van der Waals surface area contributed by atoms with Gasteiger partial charge in [0.1, 0.15) is 0 Å². The molecule has 3 saturated heterocycles. The highest BCUT2D eigenvalue weighted by Crippen LogP contribution is 2.34. The second kappa shape index (κ2) is 7.71. The van der Waals surface area contributed by atoms with Gasteiger partial charge in [0, 0.05) is 38.8 Å². The lowest BCUT2D eigenvalue weighted by Crippen LogP contribution is -2.51. The van der Waals surface area contributed by atoms with E-state index < -0.39 is 0 Å². The summed E-state index contributed by atoms with van der Waals surface area (Å²) in [5.74, 6) is 1.78. The molecule has 0 spiro atoms. The number of likely N-dealkylation sites (tertiary alicyclic amines) is 1. The van der Waals surface area contributed by atoms with Crippen LogP contribution in [0.25, 0.3) is 0 Å². The van der Waals surface area contributed by atoms with E-state index in [4.69, 9.17) is 4.74 Å². The molecule has 1 amide bonds. The predicted molar refractivity (Wildman–Crippen MR) is 93.8 cm³/mol. The van der Waals surface area contributed by atoms with Crippen molar-refractivity contribution in [2.24, 2.45) is 11.8 Å². The van der Waals surface area contributed by atoms with Gasteiger partial charge in [-0.1, -0.05) is 12.8 Å². The zero-order valence-electron chi connectivity index (χ0n) is 14.9. The number of amides is 1. The van der Waals surface area contributed by atoms with Crippen molar-refractivity contribution >= 4 is 5.91 Å². The second-order valence-corrected chi connectivity index (χ2v) is 8.31. The molecule has 4 rings (SSSR count). The highest BCUT2D eigenvalue weighted by atomic mass is 16.5. The van der Waals surface area contributed by atoms with Crippen LogP contribution in [-0.4, -0.2) is 73.7 Å². The molecule has 3 aliphatic heterocycles. The number of ether oxygens (including phenoxy) is 1. The summed E-state index contributed by atoms with van der Waals surface area (Å²) in [6, 6.07) is 0.710. The summed E-state index contributed by atoms with van der Waals surface area (Å²) in [6.07, 6.45) is 8.80. The molecule has 0 aromatic heterocycles. The van der Waals surface area contributed by atoms with E-state index in [1.807, 2.05) is 0 Å². The number of nitrogens with one attached hydrogen (secondary N) is 1. The van der Waals surface area contributed by atoms with Crippen molar-refractivity contribution in [3.63, 3.8) is 0 Å². The fourth-order valence-electron chi connectivity index (χ4n) is 5.29. The molecular weight excluding hydrogens is 302 g/mol. The van der Waals surface area contributed by atoms with E-state index in [-0.39, 0.29) is 6.04 Å². The van der Waals surface area contributed by atoms with E-state index in [1.54, 1.807) is 0 Å². The Morgan fingerprint density at radius 3 is 2.71 bits per heavy atom. The predicted octanol–water partition coefficient (Wildman–Crippen LogP) is 1.48. The van der Waals surface area contributed by atoms with Gasteiger partial charge in [0.15, 0.2) is 0 Å². The largest absolute Gasteiger partial charge is 0.379 e. The monoisotopic (exact) mass is 335 g/mol. The van der Waals surface area contributed by atoms with Crippen LogP contribution in [0.2, 0.25) is 0 Å². The number of hydrogen-bond acceptors (Lipinski definition) is 4. The Morgan fingerprint density at radius 2 is 1.88 bits per heavy atom. The van der Waals surface area contributed by atoms with Crippen LogP contribution in [0, 0.1) is 11.8 Å². The summed E-state index contributed by atoms with van der Waals surface area (Å²) in [6.45, 7) is 6.90. The third-order valence-corrected chi connectivity index (χ3v) is 6.61. The van der Waals surface area contributed by atoms with Gasteiger partial charge in [-0.05, 0) is 43.9 Å². The van der Waals surface area contributed by atoms with Crippen LogP contribution in [-0.2, 0) is 9.53 Å². The van der Waals surface area contributed by atoms with Crippen molar-refractivity contribution in [3.8, 4) is 0 Å². The molecule has 24 heavy (non-hydrogen) atoms. The molecule has 0 unspecified atom stereocenters. The minimum Gasteiger partial charge on any atom is -0.379 e. The molecule has 0 aromatic carbocycles. The van der Waals surface area contributed by atoms with E-state index in [0.717, 1.165) is 58.3 Å². The minimum atomic E-state index is 0.0974. The molecule has 1 saturated carbocycles. The normalized spacial score (nSPS) is 38.1. The van der Waals surface area contributed by atoms with E-state index in [9.17, 15) is 4.79 Å². The Bertz CT molecular complexity index is 424. The quantitative estimate of drug-likeness (QED) is 0.848. The molecular formula is C19H33N3O2. The number of morpholine rings is 1. The zero-order valence-corrected chi connectivity index (χ0v) is 14.9. The van der Waals surface area contributed by atoms with Crippen LogP contribution in [0.4, 0.5) is 0 Å². The van der Waals surface area contributed by atoms with Gasteiger partial charge in [0.2, 0.25) is 5.91 Å². The van der Waals surface area contributed by atoms with E-state index in [2.05, 4.69) is 15.1 Å². The number of fused-ring (bicyclic) bond motifs is 1. The molecule has 3 heterocycles. The number of carbonyl (C=O) groups excluding carboxylic acids is 1. The zero-order chi connectivity index (χ0) is 16.4. The van der Waals surface area contributed by atoms with Crippen LogP contribution < -0.4 is 5.32 Å². The van der Waals surface area contributed by atoms with Crippen molar-refractivity contribution in [1.82, 2.24) is 15.1 Å². The Balaban J connectivity index is 1.29. The van der Waals surface area contributed by atoms with Gasteiger partial charge in [-0.2, -0.15) is 0 Å². The summed E-state index contributed by atoms with van der Waals surface area (Å²) in [5, 5.41) is 3.67. The summed E-state index contributed by atoms with van der Waals surface area (Å²) < 4.78 is 5.45. The molecule has 0 radical (unpaired) electrons. The third-order valence-electron chi connectivity index (χ3n) is 6.61. The van der Waals surface area contributed by atoms with E-state index in [1.165, 1.54) is 38.5 Å². The van der Waals surface area contributed by atoms with Crippen LogP contribution in [0.1, 0.15) is 44.9 Å². The van der Waals surface area contributed by atoms with Gasteiger partial charge in [0.25, 0.3) is 0 Å². The maximum Gasteiger partial charge on any atom is 0.239 e. The Kier molecular flexibility index (Phi) is 5.40. The molecule has 0 aromatic rings. The highest BCUT2D eigenvalue weighted by molar-refractivity contribution is 5.82. The molecule has 136 valence electrons. The lowest BCUT2D eigenvalue weighted by molar-refractivity contribution is -0.135. The van der Waals surface area contributed by atoms with Crippen molar-refractivity contribution in [2.45, 2.75) is 57.0 Å². The second-order valence-electron chi connectivity index (χ2n) is 8.31. The topological polar surface area (TPSA) is 44.8 Å². The van der Waals surface area contributed by atoms with Gasteiger partial charge in [0.05, 0.1) is 19.3 Å². The van der Waals surface area contributed by atoms with Crippen LogP contribution in [0.5, 0.6) is 0 Å². The SMILES string of the molecule is O=C([C@@H]1C[C@@H]2CCCC[C@@H]2N1)N1CCC[C@H](CN2CCOCC2)C1. The Morgan fingerprint density at radius 1 is 1.04 bits per heavy atom. The van der Waals surface area contributed by atoms with Gasteiger partial charge >= 0.3 is 0 Å². The average molecular weight is 335 g/mol. The first-order valence-electron chi connectivity index (χ1n) is 10.1. The molecule has 5 nitrogen and oxygen atoms in total. The number of hydrogen-bond donors (Lipinski definition) is 1. The number of carbonyl (C=O) groups is 1. The van der Waals surface area contributed by atoms with E-state index in [0.29, 0.717) is 17.9 Å². The lowest BCUT2D eigenvalue weighted by atomic mass is 9.85. The molecule has 4 aliphatic rings. The number of nitrogens with zero attached hydrogens (tertiary/aromatic N) is 2. The molecule has 4 fully saturated rings. The Hall–Kier alpha value is -0.650. The maximum atomic E-state index is 13.0. The molecule has 4 atom stereocenters. The number of rotatable bonds is 3. The summed E-state index contributed by atoms with van der Waals surface area (Å²) in [5.41, 5.74) is 0. The van der Waals surface area contributed by atoms with Gasteiger partial charge in [-0.25, -0.2) is 0 Å². The molecule has 1 N–H and O–H groups in total. The van der Waals surface area contributed by atoms with E-state index >= 15 is 0 Å². The molecule has 1 aliphatic carbocycles. The molecule has 5 heteroatoms. The molecule has 0 bridgehead atoms. The first kappa shape index (κ1) is 16.8. The van der Waals surface area contributed by atoms with Crippen LogP contribution in [0.15, 0.2) is 0 Å². The number of piperidine rings is 1. The van der Waals surface area contributed by atoms with Gasteiger partial charge in [-0.15, -0.1) is 0 Å². The fourth-order valence-corrected chi connectivity index (χ4v) is 5.29. The van der Waals surface area contributed by atoms with Crippen molar-refractivity contribution in [1.29, 1.82) is 0 Å². The van der Waals surface area contributed by atoms with Crippen molar-refractivity contribution in [2.75, 3.05) is 45.9 Å². The minimum absolute atomic E-state index is 0.0974. The van der Waals surface area contributed by atoms with Gasteiger partial charge < -0.3 is 15.0 Å². The highest BCUT2D eigenvalue weighted by Gasteiger charge is 2.40. The smallest absolute Gasteiger partial charge is 0.239 e. The fraction of sp³-hybridized carbons (Fsp3) is 0.947.